The zero-order valence-corrected chi connectivity index (χ0v) is 17.7. The molecule has 1 unspecified atom stereocenters. The van der Waals surface area contributed by atoms with Crippen molar-refractivity contribution in [2.75, 3.05) is 18.4 Å². The van der Waals surface area contributed by atoms with Gasteiger partial charge >= 0.3 is 0 Å². The van der Waals surface area contributed by atoms with E-state index in [9.17, 15) is 13.6 Å². The average molecular weight is 477 g/mol. The molecule has 9 heteroatoms. The summed E-state index contributed by atoms with van der Waals surface area (Å²) in [6.07, 6.45) is 2.62. The number of aryl methyl sites for hydroxylation is 1. The number of nitrogens with zero attached hydrogens (tertiary/aromatic N) is 2. The van der Waals surface area contributed by atoms with Gasteiger partial charge in [0.05, 0.1) is 21.9 Å². The molecule has 0 aliphatic carbocycles. The van der Waals surface area contributed by atoms with Gasteiger partial charge in [0.1, 0.15) is 23.5 Å². The summed E-state index contributed by atoms with van der Waals surface area (Å²) in [6, 6.07) is 8.04. The fourth-order valence-corrected chi connectivity index (χ4v) is 3.95. The Morgan fingerprint density at radius 2 is 2.13 bits per heavy atom. The van der Waals surface area contributed by atoms with Crippen molar-refractivity contribution in [1.29, 1.82) is 0 Å². The summed E-state index contributed by atoms with van der Waals surface area (Å²) in [5, 5.41) is 10.2. The highest BCUT2D eigenvalue weighted by molar-refractivity contribution is 9.10. The summed E-state index contributed by atoms with van der Waals surface area (Å²) >= 11 is 3.51. The van der Waals surface area contributed by atoms with Crippen LogP contribution < -0.4 is 15.4 Å². The quantitative estimate of drug-likeness (QED) is 0.581. The van der Waals surface area contributed by atoms with Crippen molar-refractivity contribution in [3.8, 4) is 17.0 Å². The van der Waals surface area contributed by atoms with Crippen molar-refractivity contribution >= 4 is 27.5 Å². The summed E-state index contributed by atoms with van der Waals surface area (Å²) in [7, 11) is 1.81. The number of benzene rings is 2. The molecule has 0 spiro atoms. The van der Waals surface area contributed by atoms with E-state index in [4.69, 9.17) is 4.74 Å². The van der Waals surface area contributed by atoms with E-state index in [1.165, 1.54) is 0 Å². The Kier molecular flexibility index (Phi) is 5.83. The molecular weight excluding hydrogens is 458 g/mol. The second-order valence-electron chi connectivity index (χ2n) is 6.99. The van der Waals surface area contributed by atoms with Crippen molar-refractivity contribution in [3.05, 3.63) is 64.3 Å². The number of carbonyl (C=O) groups excluding carboxylic acids is 1. The van der Waals surface area contributed by atoms with E-state index in [1.807, 2.05) is 0 Å². The number of halogens is 3. The Balaban J connectivity index is 1.67. The van der Waals surface area contributed by atoms with E-state index in [2.05, 4.69) is 31.7 Å². The molecule has 1 aliphatic heterocycles. The Morgan fingerprint density at radius 1 is 1.30 bits per heavy atom. The van der Waals surface area contributed by atoms with Crippen LogP contribution in [0.1, 0.15) is 16.8 Å². The molecule has 1 aromatic heterocycles. The first-order valence-corrected chi connectivity index (χ1v) is 10.2. The number of amides is 1. The molecule has 6 nitrogen and oxygen atoms in total. The molecule has 30 heavy (non-hydrogen) atoms. The van der Waals surface area contributed by atoms with Crippen LogP contribution in [0.25, 0.3) is 11.3 Å². The maximum absolute atomic E-state index is 14.0. The van der Waals surface area contributed by atoms with Crippen molar-refractivity contribution in [2.45, 2.75) is 12.5 Å². The predicted molar refractivity (Wildman–Crippen MR) is 113 cm³/mol. The largest absolute Gasteiger partial charge is 0.488 e. The van der Waals surface area contributed by atoms with Gasteiger partial charge in [0, 0.05) is 30.9 Å². The maximum Gasteiger partial charge on any atom is 0.258 e. The Bertz CT molecular complexity index is 1080. The summed E-state index contributed by atoms with van der Waals surface area (Å²) in [6.45, 7) is 1.65. The molecular formula is C21H19BrF2N4O2. The SMILES string of the molecule is Cn1ncc(Br)c1-c1cc(NC(=O)c2ccc(F)cc2F)ccc1OC1CCNC1. The lowest BCUT2D eigenvalue weighted by Crippen LogP contribution is -2.20. The van der Waals surface area contributed by atoms with E-state index < -0.39 is 17.5 Å². The number of hydrogen-bond donors (Lipinski definition) is 2. The van der Waals surface area contributed by atoms with Gasteiger partial charge in [0.2, 0.25) is 0 Å². The van der Waals surface area contributed by atoms with Crippen LogP contribution in [0, 0.1) is 11.6 Å². The standard InChI is InChI=1S/C21H19BrF2N4O2/c1-28-20(17(22)11-26-28)16-9-13(3-5-19(16)30-14-6-7-25-10-14)27-21(29)15-4-2-12(23)8-18(15)24/h2-5,8-9,11,14,25H,6-7,10H2,1H3,(H,27,29). The topological polar surface area (TPSA) is 68.2 Å². The van der Waals surface area contributed by atoms with Crippen molar-refractivity contribution in [3.63, 3.8) is 0 Å². The van der Waals surface area contributed by atoms with E-state index in [-0.39, 0.29) is 11.7 Å². The molecule has 2 N–H and O–H groups in total. The summed E-state index contributed by atoms with van der Waals surface area (Å²) in [5.74, 6) is -1.68. The summed E-state index contributed by atoms with van der Waals surface area (Å²) in [4.78, 5) is 12.5. The van der Waals surface area contributed by atoms with Crippen LogP contribution in [0.15, 0.2) is 47.1 Å². The Morgan fingerprint density at radius 3 is 2.80 bits per heavy atom. The highest BCUT2D eigenvalue weighted by atomic mass is 79.9. The van der Waals surface area contributed by atoms with Crippen LogP contribution in [0.3, 0.4) is 0 Å². The van der Waals surface area contributed by atoms with Gasteiger partial charge in [-0.05, 0) is 59.2 Å². The monoisotopic (exact) mass is 476 g/mol. The second kappa shape index (κ2) is 8.53. The van der Waals surface area contributed by atoms with Crippen molar-refractivity contribution in [2.24, 2.45) is 7.05 Å². The first-order valence-electron chi connectivity index (χ1n) is 9.38. The normalized spacial score (nSPS) is 15.9. The van der Waals surface area contributed by atoms with E-state index in [0.29, 0.717) is 17.5 Å². The number of aromatic nitrogens is 2. The number of carbonyl (C=O) groups is 1. The second-order valence-corrected chi connectivity index (χ2v) is 7.84. The lowest BCUT2D eigenvalue weighted by atomic mass is 10.1. The van der Waals surface area contributed by atoms with Crippen molar-refractivity contribution < 1.29 is 18.3 Å². The third-order valence-electron chi connectivity index (χ3n) is 4.87. The predicted octanol–water partition coefficient (Wildman–Crippen LogP) is 4.12. The van der Waals surface area contributed by atoms with Gasteiger partial charge in [-0.2, -0.15) is 5.10 Å². The average Bonchev–Trinajstić information content (AvgIpc) is 3.32. The van der Waals surface area contributed by atoms with E-state index in [1.54, 1.807) is 36.1 Å². The first kappa shape index (κ1) is 20.5. The zero-order chi connectivity index (χ0) is 21.3. The molecule has 156 valence electrons. The minimum absolute atomic E-state index is 0.0458. The van der Waals surface area contributed by atoms with Crippen molar-refractivity contribution in [1.82, 2.24) is 15.1 Å². The molecule has 1 aliphatic rings. The van der Waals surface area contributed by atoms with E-state index >= 15 is 0 Å². The summed E-state index contributed by atoms with van der Waals surface area (Å²) in [5.41, 5.74) is 1.71. The fourth-order valence-electron chi connectivity index (χ4n) is 3.39. The minimum atomic E-state index is -0.921. The van der Waals surface area contributed by atoms with Gasteiger partial charge in [0.25, 0.3) is 5.91 Å². The molecule has 0 radical (unpaired) electrons. The van der Waals surface area contributed by atoms with Crippen LogP contribution in [0.5, 0.6) is 5.75 Å². The van der Waals surface area contributed by atoms with Gasteiger partial charge in [-0.25, -0.2) is 8.78 Å². The van der Waals surface area contributed by atoms with Crippen LogP contribution in [-0.4, -0.2) is 34.9 Å². The third-order valence-corrected chi connectivity index (χ3v) is 5.45. The minimum Gasteiger partial charge on any atom is -0.488 e. The molecule has 3 aromatic rings. The van der Waals surface area contributed by atoms with Gasteiger partial charge in [0.15, 0.2) is 0 Å². The van der Waals surface area contributed by atoms with Crippen LogP contribution >= 0.6 is 15.9 Å². The van der Waals surface area contributed by atoms with Crippen LogP contribution in [-0.2, 0) is 7.05 Å². The Labute approximate surface area is 180 Å². The van der Waals surface area contributed by atoms with Gasteiger partial charge in [-0.3, -0.25) is 9.48 Å². The highest BCUT2D eigenvalue weighted by Crippen LogP contribution is 2.37. The van der Waals surface area contributed by atoms with Crippen LogP contribution in [0.2, 0.25) is 0 Å². The summed E-state index contributed by atoms with van der Waals surface area (Å²) < 4.78 is 35.7. The third kappa shape index (κ3) is 4.22. The molecule has 1 saturated heterocycles. The molecule has 0 bridgehead atoms. The fraction of sp³-hybridized carbons (Fsp3) is 0.238. The van der Waals surface area contributed by atoms with Gasteiger partial charge in [-0.1, -0.05) is 0 Å². The van der Waals surface area contributed by atoms with E-state index in [0.717, 1.165) is 47.4 Å². The molecule has 1 fully saturated rings. The highest BCUT2D eigenvalue weighted by Gasteiger charge is 2.21. The first-order chi connectivity index (χ1) is 14.4. The number of anilines is 1. The molecule has 1 atom stereocenters. The number of rotatable bonds is 5. The van der Waals surface area contributed by atoms with Gasteiger partial charge < -0.3 is 15.4 Å². The number of nitrogens with one attached hydrogen (secondary N) is 2. The van der Waals surface area contributed by atoms with Crippen LogP contribution in [0.4, 0.5) is 14.5 Å². The Hall–Kier alpha value is -2.78. The molecule has 2 aromatic carbocycles. The molecule has 0 saturated carbocycles. The lowest BCUT2D eigenvalue weighted by Gasteiger charge is -2.18. The molecule has 2 heterocycles. The number of hydrogen-bond acceptors (Lipinski definition) is 4. The lowest BCUT2D eigenvalue weighted by molar-refractivity contribution is 0.102. The van der Waals surface area contributed by atoms with Gasteiger partial charge in [-0.15, -0.1) is 0 Å². The number of ether oxygens (including phenoxy) is 1. The molecule has 4 rings (SSSR count). The maximum atomic E-state index is 14.0. The zero-order valence-electron chi connectivity index (χ0n) is 16.1. The molecule has 1 amide bonds. The smallest absolute Gasteiger partial charge is 0.258 e.